The first kappa shape index (κ1) is 18.6. The minimum Gasteiger partial charge on any atom is -0.373 e. The first-order valence-corrected chi connectivity index (χ1v) is 9.54. The van der Waals surface area contributed by atoms with E-state index in [1.54, 1.807) is 0 Å². The summed E-state index contributed by atoms with van der Waals surface area (Å²) >= 11 is 0. The molecule has 0 amide bonds. The van der Waals surface area contributed by atoms with Crippen molar-refractivity contribution >= 4 is 0 Å². The molecular formula is C23H28N2O. The molecule has 3 nitrogen and oxygen atoms in total. The number of hydrogen-bond acceptors (Lipinski definition) is 3. The second-order valence-electron chi connectivity index (χ2n) is 7.37. The number of hydrogen-bond donors (Lipinski definition) is 0. The maximum absolute atomic E-state index is 10.2. The van der Waals surface area contributed by atoms with Gasteiger partial charge >= 0.3 is 0 Å². The number of ether oxygens (including phenoxy) is 1. The lowest BCUT2D eigenvalue weighted by Gasteiger charge is -2.36. The van der Waals surface area contributed by atoms with Gasteiger partial charge in [0.05, 0.1) is 18.3 Å². The Hall–Kier alpha value is -2.15. The summed E-state index contributed by atoms with van der Waals surface area (Å²) in [4.78, 5) is 2.47. The molecule has 3 heteroatoms. The quantitative estimate of drug-likeness (QED) is 0.777. The average molecular weight is 348 g/mol. The standard InChI is InChI=1S/C23H28N2O/c1-19-16-25(17-20(2)26-19)15-9-14-23(18-24,21-10-5-3-6-11-21)22-12-7-4-8-13-22/h3-8,10-13,19-20H,9,14-17H2,1-2H3. The second-order valence-corrected chi connectivity index (χ2v) is 7.37. The summed E-state index contributed by atoms with van der Waals surface area (Å²) < 4.78 is 5.83. The van der Waals surface area contributed by atoms with Gasteiger partial charge in [-0.3, -0.25) is 4.90 Å². The normalized spacial score (nSPS) is 21.3. The van der Waals surface area contributed by atoms with Crippen LogP contribution in [-0.4, -0.2) is 36.7 Å². The van der Waals surface area contributed by atoms with Crippen molar-refractivity contribution < 1.29 is 4.74 Å². The molecule has 0 bridgehead atoms. The molecule has 0 N–H and O–H groups in total. The first-order chi connectivity index (χ1) is 12.6. The lowest BCUT2D eigenvalue weighted by Crippen LogP contribution is -2.45. The molecule has 1 heterocycles. The molecular weight excluding hydrogens is 320 g/mol. The van der Waals surface area contributed by atoms with Gasteiger partial charge in [-0.2, -0.15) is 5.26 Å². The van der Waals surface area contributed by atoms with Gasteiger partial charge in [0.1, 0.15) is 5.41 Å². The van der Waals surface area contributed by atoms with E-state index in [0.717, 1.165) is 43.6 Å². The van der Waals surface area contributed by atoms with Crippen LogP contribution in [0.4, 0.5) is 0 Å². The molecule has 2 aromatic rings. The summed E-state index contributed by atoms with van der Waals surface area (Å²) in [6, 6.07) is 23.1. The molecule has 26 heavy (non-hydrogen) atoms. The van der Waals surface area contributed by atoms with Crippen LogP contribution >= 0.6 is 0 Å². The molecule has 0 aliphatic carbocycles. The highest BCUT2D eigenvalue weighted by Gasteiger charge is 2.34. The van der Waals surface area contributed by atoms with E-state index in [1.165, 1.54) is 0 Å². The van der Waals surface area contributed by atoms with Crippen molar-refractivity contribution in [3.8, 4) is 6.07 Å². The van der Waals surface area contributed by atoms with Gasteiger partial charge in [-0.25, -0.2) is 0 Å². The van der Waals surface area contributed by atoms with Crippen molar-refractivity contribution in [1.29, 1.82) is 5.26 Å². The Morgan fingerprint density at radius 2 is 1.46 bits per heavy atom. The van der Waals surface area contributed by atoms with Crippen molar-refractivity contribution in [3.05, 3.63) is 71.8 Å². The molecule has 0 spiro atoms. The Morgan fingerprint density at radius 1 is 0.962 bits per heavy atom. The summed E-state index contributed by atoms with van der Waals surface area (Å²) in [5, 5.41) is 10.2. The summed E-state index contributed by atoms with van der Waals surface area (Å²) in [5.41, 5.74) is 1.57. The second kappa shape index (κ2) is 8.49. The van der Waals surface area contributed by atoms with Crippen LogP contribution in [0.3, 0.4) is 0 Å². The molecule has 1 saturated heterocycles. The highest BCUT2D eigenvalue weighted by atomic mass is 16.5. The zero-order valence-corrected chi connectivity index (χ0v) is 15.8. The van der Waals surface area contributed by atoms with E-state index >= 15 is 0 Å². The predicted octanol–water partition coefficient (Wildman–Crippen LogP) is 4.39. The zero-order chi connectivity index (χ0) is 18.4. The monoisotopic (exact) mass is 348 g/mol. The number of benzene rings is 2. The lowest BCUT2D eigenvalue weighted by atomic mass is 9.72. The van der Waals surface area contributed by atoms with Crippen LogP contribution in [0.1, 0.15) is 37.8 Å². The van der Waals surface area contributed by atoms with Gasteiger partial charge in [0.25, 0.3) is 0 Å². The van der Waals surface area contributed by atoms with Gasteiger partial charge in [0, 0.05) is 13.1 Å². The van der Waals surface area contributed by atoms with Gasteiger partial charge < -0.3 is 4.74 Å². The SMILES string of the molecule is CC1CN(CCCC(C#N)(c2ccccc2)c2ccccc2)CC(C)O1. The Balaban J connectivity index is 1.78. The zero-order valence-electron chi connectivity index (χ0n) is 15.8. The van der Waals surface area contributed by atoms with Crippen molar-refractivity contribution in [1.82, 2.24) is 4.90 Å². The molecule has 136 valence electrons. The Labute approximate surface area is 157 Å². The number of morpholine rings is 1. The van der Waals surface area contributed by atoms with Gasteiger partial charge in [0.2, 0.25) is 0 Å². The highest BCUT2D eigenvalue weighted by Crippen LogP contribution is 2.36. The van der Waals surface area contributed by atoms with Crippen molar-refractivity contribution in [3.63, 3.8) is 0 Å². The highest BCUT2D eigenvalue weighted by molar-refractivity contribution is 5.45. The fourth-order valence-corrected chi connectivity index (χ4v) is 4.12. The summed E-state index contributed by atoms with van der Waals surface area (Å²) in [7, 11) is 0. The largest absolute Gasteiger partial charge is 0.373 e. The van der Waals surface area contributed by atoms with E-state index < -0.39 is 5.41 Å². The maximum atomic E-state index is 10.2. The molecule has 0 saturated carbocycles. The lowest BCUT2D eigenvalue weighted by molar-refractivity contribution is -0.0682. The third kappa shape index (κ3) is 4.15. The minimum atomic E-state index is -0.591. The molecule has 1 aliphatic rings. The predicted molar refractivity (Wildman–Crippen MR) is 105 cm³/mol. The van der Waals surface area contributed by atoms with Crippen LogP contribution in [-0.2, 0) is 10.2 Å². The van der Waals surface area contributed by atoms with Crippen molar-refractivity contribution in [2.24, 2.45) is 0 Å². The Kier molecular flexibility index (Phi) is 6.08. The summed E-state index contributed by atoms with van der Waals surface area (Å²) in [6.45, 7) is 7.22. The summed E-state index contributed by atoms with van der Waals surface area (Å²) in [5.74, 6) is 0. The van der Waals surface area contributed by atoms with E-state index in [4.69, 9.17) is 4.74 Å². The molecule has 3 rings (SSSR count). The van der Waals surface area contributed by atoms with Gasteiger partial charge in [-0.15, -0.1) is 0 Å². The average Bonchev–Trinajstić information content (AvgIpc) is 2.66. The van der Waals surface area contributed by atoms with E-state index in [2.05, 4.69) is 49.1 Å². The van der Waals surface area contributed by atoms with Crippen LogP contribution in [0.25, 0.3) is 0 Å². The fourth-order valence-electron chi connectivity index (χ4n) is 4.12. The van der Waals surface area contributed by atoms with Gasteiger partial charge in [0.15, 0.2) is 0 Å². The van der Waals surface area contributed by atoms with E-state index in [1.807, 2.05) is 36.4 Å². The van der Waals surface area contributed by atoms with Crippen LogP contribution in [0.5, 0.6) is 0 Å². The molecule has 2 unspecified atom stereocenters. The smallest absolute Gasteiger partial charge is 0.107 e. The van der Waals surface area contributed by atoms with Crippen molar-refractivity contribution in [2.45, 2.75) is 44.3 Å². The van der Waals surface area contributed by atoms with E-state index in [0.29, 0.717) is 0 Å². The van der Waals surface area contributed by atoms with Gasteiger partial charge in [-0.05, 0) is 44.4 Å². The third-order valence-corrected chi connectivity index (χ3v) is 5.25. The number of nitriles is 1. The molecule has 2 aromatic carbocycles. The topological polar surface area (TPSA) is 36.3 Å². The Morgan fingerprint density at radius 3 is 1.92 bits per heavy atom. The van der Waals surface area contributed by atoms with E-state index in [9.17, 15) is 5.26 Å². The van der Waals surface area contributed by atoms with E-state index in [-0.39, 0.29) is 12.2 Å². The third-order valence-electron chi connectivity index (χ3n) is 5.25. The molecule has 2 atom stereocenters. The van der Waals surface area contributed by atoms with Crippen molar-refractivity contribution in [2.75, 3.05) is 19.6 Å². The van der Waals surface area contributed by atoms with Crippen LogP contribution in [0.15, 0.2) is 60.7 Å². The number of nitrogens with zero attached hydrogens (tertiary/aromatic N) is 2. The molecule has 0 aromatic heterocycles. The maximum Gasteiger partial charge on any atom is 0.107 e. The molecule has 1 fully saturated rings. The minimum absolute atomic E-state index is 0.280. The van der Waals surface area contributed by atoms with Crippen LogP contribution in [0.2, 0.25) is 0 Å². The van der Waals surface area contributed by atoms with Crippen LogP contribution < -0.4 is 0 Å². The number of rotatable bonds is 6. The summed E-state index contributed by atoms with van der Waals surface area (Å²) in [6.07, 6.45) is 2.36. The fraction of sp³-hybridized carbons (Fsp3) is 0.435. The first-order valence-electron chi connectivity index (χ1n) is 9.54. The van der Waals surface area contributed by atoms with Gasteiger partial charge in [-0.1, -0.05) is 60.7 Å². The molecule has 0 radical (unpaired) electrons. The molecule has 1 aliphatic heterocycles. The van der Waals surface area contributed by atoms with Crippen LogP contribution in [0, 0.1) is 11.3 Å². The Bertz CT molecular complexity index is 673.